The highest BCUT2D eigenvalue weighted by atomic mass is 16.4. The van der Waals surface area contributed by atoms with Gasteiger partial charge in [0.05, 0.1) is 0 Å². The molecule has 1 N–H and O–H groups in total. The largest absolute Gasteiger partial charge is 0.481 e. The molecule has 0 bridgehead atoms. The van der Waals surface area contributed by atoms with Crippen LogP contribution in [-0.4, -0.2) is 11.1 Å². The summed E-state index contributed by atoms with van der Waals surface area (Å²) in [4.78, 5) is 10.8. The second-order valence-electron chi connectivity index (χ2n) is 5.67. The number of rotatable bonds is 6. The van der Waals surface area contributed by atoms with Gasteiger partial charge < -0.3 is 5.11 Å². The lowest BCUT2D eigenvalue weighted by Gasteiger charge is -2.29. The van der Waals surface area contributed by atoms with Gasteiger partial charge in [-0.1, -0.05) is 31.9 Å². The first-order valence-corrected chi connectivity index (χ1v) is 6.90. The van der Waals surface area contributed by atoms with E-state index >= 15 is 0 Å². The molecule has 0 spiro atoms. The summed E-state index contributed by atoms with van der Waals surface area (Å²) < 4.78 is 0. The van der Waals surface area contributed by atoms with Gasteiger partial charge in [-0.25, -0.2) is 0 Å². The van der Waals surface area contributed by atoms with Gasteiger partial charge >= 0.3 is 5.97 Å². The summed E-state index contributed by atoms with van der Waals surface area (Å²) >= 11 is 0. The van der Waals surface area contributed by atoms with E-state index in [0.717, 1.165) is 18.8 Å². The van der Waals surface area contributed by atoms with Crippen LogP contribution in [0.2, 0.25) is 0 Å². The fourth-order valence-corrected chi connectivity index (χ4v) is 2.86. The number of carbonyl (C=O) groups is 1. The molecule has 0 aromatic carbocycles. The van der Waals surface area contributed by atoms with Gasteiger partial charge in [-0.05, 0) is 50.4 Å². The molecule has 0 heterocycles. The summed E-state index contributed by atoms with van der Waals surface area (Å²) in [6.45, 7) is 6.61. The third-order valence-corrected chi connectivity index (χ3v) is 4.23. The Hall–Kier alpha value is -0.790. The second kappa shape index (κ2) is 6.83. The number of carboxylic acid groups (broad SMARTS) is 1. The maximum Gasteiger partial charge on any atom is 0.303 e. The molecule has 0 aromatic rings. The smallest absolute Gasteiger partial charge is 0.303 e. The van der Waals surface area contributed by atoms with E-state index in [1.165, 1.54) is 24.8 Å². The zero-order chi connectivity index (χ0) is 12.8. The molecule has 3 atom stereocenters. The predicted octanol–water partition coefficient (Wildman–Crippen LogP) is 4.26. The van der Waals surface area contributed by atoms with Crippen molar-refractivity contribution < 1.29 is 9.90 Å². The highest BCUT2D eigenvalue weighted by molar-refractivity contribution is 5.66. The third kappa shape index (κ3) is 4.93. The molecule has 0 fully saturated rings. The van der Waals surface area contributed by atoms with E-state index in [1.54, 1.807) is 0 Å². The fourth-order valence-electron chi connectivity index (χ4n) is 2.86. The minimum absolute atomic E-state index is 0.336. The molecule has 1 aliphatic carbocycles. The minimum atomic E-state index is -0.650. The SMILES string of the molecule is CCC(CC(=O)O)CC(C)C1CC=C(C)CC1. The Kier molecular flexibility index (Phi) is 5.73. The quantitative estimate of drug-likeness (QED) is 0.702. The lowest BCUT2D eigenvalue weighted by atomic mass is 9.77. The Morgan fingerprint density at radius 2 is 2.29 bits per heavy atom. The van der Waals surface area contributed by atoms with E-state index in [0.29, 0.717) is 18.3 Å². The van der Waals surface area contributed by atoms with Crippen molar-refractivity contribution >= 4 is 5.97 Å². The van der Waals surface area contributed by atoms with Crippen molar-refractivity contribution in [2.45, 2.75) is 59.3 Å². The highest BCUT2D eigenvalue weighted by Crippen LogP contribution is 2.33. The van der Waals surface area contributed by atoms with Crippen molar-refractivity contribution in [3.63, 3.8) is 0 Å². The third-order valence-electron chi connectivity index (χ3n) is 4.23. The number of carboxylic acids is 1. The summed E-state index contributed by atoms with van der Waals surface area (Å²) in [5, 5.41) is 8.86. The van der Waals surface area contributed by atoms with E-state index in [9.17, 15) is 4.79 Å². The monoisotopic (exact) mass is 238 g/mol. The molecule has 0 aromatic heterocycles. The van der Waals surface area contributed by atoms with E-state index in [-0.39, 0.29) is 0 Å². The molecule has 0 amide bonds. The van der Waals surface area contributed by atoms with Crippen LogP contribution in [0.1, 0.15) is 59.3 Å². The summed E-state index contributed by atoms with van der Waals surface area (Å²) in [6, 6.07) is 0. The standard InChI is InChI=1S/C15H26O2/c1-4-13(10-15(16)17)9-12(3)14-7-5-11(2)6-8-14/h5,12-14H,4,6-10H2,1-3H3,(H,16,17). The number of hydrogen-bond donors (Lipinski definition) is 1. The summed E-state index contributed by atoms with van der Waals surface area (Å²) in [6.07, 6.45) is 8.46. The van der Waals surface area contributed by atoms with Crippen LogP contribution in [0.15, 0.2) is 11.6 Å². The lowest BCUT2D eigenvalue weighted by molar-refractivity contribution is -0.138. The van der Waals surface area contributed by atoms with Gasteiger partial charge in [-0.3, -0.25) is 4.79 Å². The number of aliphatic carboxylic acids is 1. The van der Waals surface area contributed by atoms with Gasteiger partial charge in [0, 0.05) is 6.42 Å². The fraction of sp³-hybridized carbons (Fsp3) is 0.800. The lowest BCUT2D eigenvalue weighted by Crippen LogP contribution is -2.19. The summed E-state index contributed by atoms with van der Waals surface area (Å²) in [5.74, 6) is 1.13. The van der Waals surface area contributed by atoms with Gasteiger partial charge in [-0.2, -0.15) is 0 Å². The van der Waals surface area contributed by atoms with Crippen LogP contribution in [0.25, 0.3) is 0 Å². The van der Waals surface area contributed by atoms with Crippen molar-refractivity contribution in [1.82, 2.24) is 0 Å². The van der Waals surface area contributed by atoms with Gasteiger partial charge in [0.25, 0.3) is 0 Å². The van der Waals surface area contributed by atoms with Crippen LogP contribution in [-0.2, 0) is 4.79 Å². The molecule has 3 unspecified atom stereocenters. The zero-order valence-electron chi connectivity index (χ0n) is 11.4. The van der Waals surface area contributed by atoms with E-state index < -0.39 is 5.97 Å². The van der Waals surface area contributed by atoms with E-state index in [4.69, 9.17) is 5.11 Å². The van der Waals surface area contributed by atoms with Gasteiger partial charge in [0.2, 0.25) is 0 Å². The van der Waals surface area contributed by atoms with Crippen molar-refractivity contribution in [2.24, 2.45) is 17.8 Å². The molecule has 1 rings (SSSR count). The molecule has 98 valence electrons. The number of hydrogen-bond acceptors (Lipinski definition) is 1. The Bertz CT molecular complexity index is 281. The van der Waals surface area contributed by atoms with Crippen LogP contribution in [0, 0.1) is 17.8 Å². The van der Waals surface area contributed by atoms with Crippen LogP contribution in [0.3, 0.4) is 0 Å². The molecule has 2 heteroatoms. The first-order valence-electron chi connectivity index (χ1n) is 6.90. The highest BCUT2D eigenvalue weighted by Gasteiger charge is 2.23. The van der Waals surface area contributed by atoms with Crippen LogP contribution in [0.4, 0.5) is 0 Å². The summed E-state index contributed by atoms with van der Waals surface area (Å²) in [5.41, 5.74) is 1.52. The van der Waals surface area contributed by atoms with E-state index in [2.05, 4.69) is 26.8 Å². The maximum absolute atomic E-state index is 10.8. The zero-order valence-corrected chi connectivity index (χ0v) is 11.4. The molecule has 1 aliphatic rings. The second-order valence-corrected chi connectivity index (χ2v) is 5.67. The van der Waals surface area contributed by atoms with Crippen LogP contribution >= 0.6 is 0 Å². The summed E-state index contributed by atoms with van der Waals surface area (Å²) in [7, 11) is 0. The Morgan fingerprint density at radius 1 is 1.59 bits per heavy atom. The first kappa shape index (κ1) is 14.3. The molecular formula is C15H26O2. The molecule has 0 radical (unpaired) electrons. The first-order chi connectivity index (χ1) is 8.02. The molecular weight excluding hydrogens is 212 g/mol. The topological polar surface area (TPSA) is 37.3 Å². The van der Waals surface area contributed by atoms with Crippen LogP contribution < -0.4 is 0 Å². The Labute approximate surface area is 105 Å². The van der Waals surface area contributed by atoms with Crippen molar-refractivity contribution in [3.05, 3.63) is 11.6 Å². The molecule has 2 nitrogen and oxygen atoms in total. The predicted molar refractivity (Wildman–Crippen MR) is 70.9 cm³/mol. The van der Waals surface area contributed by atoms with Crippen LogP contribution in [0.5, 0.6) is 0 Å². The van der Waals surface area contributed by atoms with Crippen molar-refractivity contribution in [2.75, 3.05) is 0 Å². The normalized spacial score (nSPS) is 23.9. The molecule has 0 saturated heterocycles. The average molecular weight is 238 g/mol. The number of allylic oxidation sites excluding steroid dienone is 2. The molecule has 0 aliphatic heterocycles. The molecule has 17 heavy (non-hydrogen) atoms. The maximum atomic E-state index is 10.8. The van der Waals surface area contributed by atoms with Gasteiger partial charge in [0.1, 0.15) is 0 Å². The van der Waals surface area contributed by atoms with Crippen molar-refractivity contribution in [3.8, 4) is 0 Å². The van der Waals surface area contributed by atoms with Crippen molar-refractivity contribution in [1.29, 1.82) is 0 Å². The average Bonchev–Trinajstić information content (AvgIpc) is 2.28. The Morgan fingerprint density at radius 3 is 2.76 bits per heavy atom. The van der Waals surface area contributed by atoms with Gasteiger partial charge in [-0.15, -0.1) is 0 Å². The van der Waals surface area contributed by atoms with Gasteiger partial charge in [0.15, 0.2) is 0 Å². The Balaban J connectivity index is 2.41. The van der Waals surface area contributed by atoms with E-state index in [1.807, 2.05) is 0 Å². The minimum Gasteiger partial charge on any atom is -0.481 e. The molecule has 0 saturated carbocycles.